The molecule has 0 aromatic carbocycles. The minimum absolute atomic E-state index is 0.362. The van der Waals surface area contributed by atoms with Gasteiger partial charge in [0, 0.05) is 12.1 Å². The highest BCUT2D eigenvalue weighted by molar-refractivity contribution is 5.15. The van der Waals surface area contributed by atoms with Crippen molar-refractivity contribution in [2.75, 3.05) is 13.2 Å². The molecule has 14 heavy (non-hydrogen) atoms. The number of aromatic nitrogens is 1. The molecule has 0 saturated carbocycles. The van der Waals surface area contributed by atoms with Crippen LogP contribution in [0.2, 0.25) is 0 Å². The number of alkyl halides is 2. The van der Waals surface area contributed by atoms with E-state index in [0.29, 0.717) is 18.7 Å². The second-order valence-electron chi connectivity index (χ2n) is 2.92. The first-order valence-electron chi connectivity index (χ1n) is 4.25. The number of aliphatic hydroxyl groups excluding tert-OH is 1. The fourth-order valence-corrected chi connectivity index (χ4v) is 1.05. The van der Waals surface area contributed by atoms with Gasteiger partial charge >= 0.3 is 5.92 Å². The zero-order chi connectivity index (χ0) is 10.6. The van der Waals surface area contributed by atoms with Crippen molar-refractivity contribution in [1.29, 1.82) is 0 Å². The van der Waals surface area contributed by atoms with E-state index in [2.05, 4.69) is 4.98 Å². The van der Waals surface area contributed by atoms with Gasteiger partial charge in [0.2, 0.25) is 0 Å². The third-order valence-electron chi connectivity index (χ3n) is 1.78. The van der Waals surface area contributed by atoms with E-state index in [1.165, 1.54) is 12.1 Å². The normalized spacial score (nSPS) is 11.7. The number of halogens is 2. The minimum atomic E-state index is -3.27. The molecule has 0 bridgehead atoms. The van der Waals surface area contributed by atoms with Gasteiger partial charge in [-0.15, -0.1) is 0 Å². The molecule has 78 valence electrons. The van der Waals surface area contributed by atoms with Gasteiger partial charge in [-0.05, 0) is 18.7 Å². The summed E-state index contributed by atoms with van der Waals surface area (Å²) in [5, 5.41) is 8.45. The summed E-state index contributed by atoms with van der Waals surface area (Å²) in [7, 11) is 0. The number of hydrogen-bond acceptors (Lipinski definition) is 3. The first-order chi connectivity index (χ1) is 6.60. The van der Waals surface area contributed by atoms with E-state index in [9.17, 15) is 8.78 Å². The Morgan fingerprint density at radius 3 is 2.71 bits per heavy atom. The molecule has 0 fully saturated rings. The molecule has 1 rings (SSSR count). The molecule has 3 nitrogen and oxygen atoms in total. The van der Waals surface area contributed by atoms with E-state index in [4.69, 9.17) is 10.8 Å². The van der Waals surface area contributed by atoms with Gasteiger partial charge in [-0.2, -0.15) is 8.78 Å². The van der Waals surface area contributed by atoms with Crippen LogP contribution >= 0.6 is 0 Å². The summed E-state index contributed by atoms with van der Waals surface area (Å²) >= 11 is 0. The number of aliphatic hydroxyl groups is 1. The third-order valence-corrected chi connectivity index (χ3v) is 1.78. The maximum absolute atomic E-state index is 13.0. The Morgan fingerprint density at radius 1 is 1.43 bits per heavy atom. The van der Waals surface area contributed by atoms with Crippen LogP contribution in [0.3, 0.4) is 0 Å². The van der Waals surface area contributed by atoms with Gasteiger partial charge in [-0.1, -0.05) is 6.07 Å². The molecule has 3 N–H and O–H groups in total. The molecule has 0 aliphatic carbocycles. The first-order valence-corrected chi connectivity index (χ1v) is 4.25. The number of rotatable bonds is 4. The summed E-state index contributed by atoms with van der Waals surface area (Å²) in [6, 6.07) is 4.30. The second kappa shape index (κ2) is 4.43. The van der Waals surface area contributed by atoms with Crippen molar-refractivity contribution in [2.24, 2.45) is 5.73 Å². The topological polar surface area (TPSA) is 59.1 Å². The van der Waals surface area contributed by atoms with Crippen molar-refractivity contribution >= 4 is 0 Å². The van der Waals surface area contributed by atoms with Gasteiger partial charge in [0.05, 0.1) is 0 Å². The van der Waals surface area contributed by atoms with Gasteiger partial charge < -0.3 is 10.8 Å². The summed E-state index contributed by atoms with van der Waals surface area (Å²) in [6.07, 6.45) is 0.454. The Kier molecular flexibility index (Phi) is 3.49. The van der Waals surface area contributed by atoms with E-state index in [1.807, 2.05) is 0 Å². The lowest BCUT2D eigenvalue weighted by Gasteiger charge is -2.12. The maximum Gasteiger partial charge on any atom is 0.312 e. The second-order valence-corrected chi connectivity index (χ2v) is 2.92. The largest absolute Gasteiger partial charge is 0.390 e. The van der Waals surface area contributed by atoms with Crippen LogP contribution in [0.1, 0.15) is 11.4 Å². The zero-order valence-corrected chi connectivity index (χ0v) is 7.58. The lowest BCUT2D eigenvalue weighted by atomic mass is 10.2. The molecule has 1 aromatic heterocycles. The van der Waals surface area contributed by atoms with E-state index in [-0.39, 0.29) is 0 Å². The smallest absolute Gasteiger partial charge is 0.312 e. The number of hydrogen-bond donors (Lipinski definition) is 2. The molecule has 0 amide bonds. The average Bonchev–Trinajstić information content (AvgIpc) is 2.19. The molecule has 0 saturated heterocycles. The van der Waals surface area contributed by atoms with Crippen molar-refractivity contribution in [3.63, 3.8) is 0 Å². The first kappa shape index (κ1) is 11.0. The number of nitrogens with zero attached hydrogens (tertiary/aromatic N) is 1. The van der Waals surface area contributed by atoms with Crippen molar-refractivity contribution in [2.45, 2.75) is 12.3 Å². The lowest BCUT2D eigenvalue weighted by Crippen LogP contribution is -2.21. The van der Waals surface area contributed by atoms with Crippen molar-refractivity contribution in [3.05, 3.63) is 29.6 Å². The van der Waals surface area contributed by atoms with Crippen LogP contribution in [0.25, 0.3) is 0 Å². The summed E-state index contributed by atoms with van der Waals surface area (Å²) < 4.78 is 25.9. The van der Waals surface area contributed by atoms with Crippen LogP contribution in [-0.2, 0) is 12.3 Å². The quantitative estimate of drug-likeness (QED) is 0.754. The molecule has 0 aliphatic rings. The molecular weight excluding hydrogens is 190 g/mol. The Bertz CT molecular complexity index is 305. The zero-order valence-electron chi connectivity index (χ0n) is 7.58. The van der Waals surface area contributed by atoms with E-state index in [1.54, 1.807) is 6.07 Å². The van der Waals surface area contributed by atoms with Gasteiger partial charge in [0.15, 0.2) is 0 Å². The van der Waals surface area contributed by atoms with E-state index < -0.39 is 18.2 Å². The Hall–Kier alpha value is -1.07. The SMILES string of the molecule is NCCc1cccc(C(F)(F)CO)n1. The fraction of sp³-hybridized carbons (Fsp3) is 0.444. The average molecular weight is 202 g/mol. The van der Waals surface area contributed by atoms with Gasteiger partial charge in [-0.3, -0.25) is 4.98 Å². The number of nitrogens with two attached hydrogens (primary N) is 1. The molecule has 5 heteroatoms. The Balaban J connectivity index is 2.93. The maximum atomic E-state index is 13.0. The Morgan fingerprint density at radius 2 is 2.14 bits per heavy atom. The summed E-state index contributed by atoms with van der Waals surface area (Å²) in [5.74, 6) is -3.27. The van der Waals surface area contributed by atoms with Crippen LogP contribution < -0.4 is 5.73 Å². The Labute approximate surface area is 80.6 Å². The fourth-order valence-electron chi connectivity index (χ4n) is 1.05. The summed E-state index contributed by atoms with van der Waals surface area (Å²) in [4.78, 5) is 3.72. The molecule has 0 atom stereocenters. The number of pyridine rings is 1. The monoisotopic (exact) mass is 202 g/mol. The van der Waals surface area contributed by atoms with Crippen molar-refractivity contribution in [3.8, 4) is 0 Å². The van der Waals surface area contributed by atoms with E-state index in [0.717, 1.165) is 0 Å². The van der Waals surface area contributed by atoms with Crippen LogP contribution in [0, 0.1) is 0 Å². The molecule has 0 aliphatic heterocycles. The van der Waals surface area contributed by atoms with Gasteiger partial charge in [0.1, 0.15) is 12.3 Å². The highest BCUT2D eigenvalue weighted by Gasteiger charge is 2.32. The van der Waals surface area contributed by atoms with Crippen LogP contribution in [0.15, 0.2) is 18.2 Å². The van der Waals surface area contributed by atoms with Crippen LogP contribution in [-0.4, -0.2) is 23.2 Å². The standard InChI is InChI=1S/C9H12F2N2O/c10-9(11,6-14)8-3-1-2-7(13-8)4-5-12/h1-3,14H,4-6,12H2. The highest BCUT2D eigenvalue weighted by Crippen LogP contribution is 2.25. The molecule has 1 aromatic rings. The predicted molar refractivity (Wildman–Crippen MR) is 48.0 cm³/mol. The van der Waals surface area contributed by atoms with Gasteiger partial charge in [-0.25, -0.2) is 0 Å². The third kappa shape index (κ3) is 2.46. The molecule has 0 spiro atoms. The van der Waals surface area contributed by atoms with Crippen LogP contribution in [0.4, 0.5) is 8.78 Å². The highest BCUT2D eigenvalue weighted by atomic mass is 19.3. The molecular formula is C9H12F2N2O. The van der Waals surface area contributed by atoms with Crippen LogP contribution in [0.5, 0.6) is 0 Å². The minimum Gasteiger partial charge on any atom is -0.390 e. The van der Waals surface area contributed by atoms with E-state index >= 15 is 0 Å². The molecule has 0 unspecified atom stereocenters. The van der Waals surface area contributed by atoms with Crippen molar-refractivity contribution in [1.82, 2.24) is 4.98 Å². The van der Waals surface area contributed by atoms with Crippen molar-refractivity contribution < 1.29 is 13.9 Å². The summed E-state index contributed by atoms with van der Waals surface area (Å²) in [5.41, 5.74) is 5.38. The van der Waals surface area contributed by atoms with Gasteiger partial charge in [0.25, 0.3) is 0 Å². The molecule has 1 heterocycles. The lowest BCUT2D eigenvalue weighted by molar-refractivity contribution is -0.0593. The molecule has 0 radical (unpaired) electrons. The predicted octanol–water partition coefficient (Wildman–Crippen LogP) is 0.667. The summed E-state index contributed by atoms with van der Waals surface area (Å²) in [6.45, 7) is -0.868.